The molecule has 1 aliphatic carbocycles. The van der Waals surface area contributed by atoms with Gasteiger partial charge in [0.1, 0.15) is 5.82 Å². The summed E-state index contributed by atoms with van der Waals surface area (Å²) in [7, 11) is 0. The highest BCUT2D eigenvalue weighted by Crippen LogP contribution is 2.32. The molecule has 5 nitrogen and oxygen atoms in total. The summed E-state index contributed by atoms with van der Waals surface area (Å²) in [5.74, 6) is 1.73. The molecule has 1 aromatic heterocycles. The van der Waals surface area contributed by atoms with Crippen LogP contribution < -0.4 is 4.90 Å². The van der Waals surface area contributed by atoms with Crippen LogP contribution in [0.5, 0.6) is 0 Å². The Morgan fingerprint density at radius 3 is 2.96 bits per heavy atom. The maximum Gasteiger partial charge on any atom is 0.161 e. The Hall–Kier alpha value is -1.69. The van der Waals surface area contributed by atoms with E-state index in [0.717, 1.165) is 42.3 Å². The van der Waals surface area contributed by atoms with Gasteiger partial charge >= 0.3 is 0 Å². The summed E-state index contributed by atoms with van der Waals surface area (Å²) in [6.45, 7) is 2.09. The second kappa shape index (κ2) is 7.28. The molecule has 1 aromatic carbocycles. The third-order valence-corrected chi connectivity index (χ3v) is 5.12. The number of aliphatic hydroxyl groups excluding tert-OH is 1. The van der Waals surface area contributed by atoms with E-state index in [1.54, 1.807) is 0 Å². The zero-order valence-electron chi connectivity index (χ0n) is 14.1. The van der Waals surface area contributed by atoms with Crippen LogP contribution in [0.15, 0.2) is 24.3 Å². The Morgan fingerprint density at radius 1 is 1.24 bits per heavy atom. The average molecular weight is 360 g/mol. The van der Waals surface area contributed by atoms with E-state index >= 15 is 0 Å². The molecule has 1 N–H and O–H groups in total. The van der Waals surface area contributed by atoms with Crippen LogP contribution in [0.4, 0.5) is 5.82 Å². The van der Waals surface area contributed by atoms with Gasteiger partial charge in [0.05, 0.1) is 19.3 Å². The summed E-state index contributed by atoms with van der Waals surface area (Å²) >= 11 is 6.15. The minimum atomic E-state index is -0.155. The first kappa shape index (κ1) is 16.8. The number of aryl methyl sites for hydroxylation is 1. The van der Waals surface area contributed by atoms with Gasteiger partial charge in [0.2, 0.25) is 0 Å². The molecule has 2 aliphatic rings. The summed E-state index contributed by atoms with van der Waals surface area (Å²) in [6.07, 6.45) is 4.19. The van der Waals surface area contributed by atoms with Crippen LogP contribution in [0.2, 0.25) is 5.02 Å². The zero-order chi connectivity index (χ0) is 17.2. The van der Waals surface area contributed by atoms with Gasteiger partial charge in [-0.2, -0.15) is 0 Å². The largest absolute Gasteiger partial charge is 0.394 e. The van der Waals surface area contributed by atoms with Crippen molar-refractivity contribution in [2.45, 2.75) is 31.8 Å². The molecule has 0 radical (unpaired) electrons. The van der Waals surface area contributed by atoms with E-state index < -0.39 is 0 Å². The number of anilines is 1. The molecule has 2 aromatic rings. The van der Waals surface area contributed by atoms with E-state index in [9.17, 15) is 5.11 Å². The predicted molar refractivity (Wildman–Crippen MR) is 98.2 cm³/mol. The van der Waals surface area contributed by atoms with Crippen molar-refractivity contribution >= 4 is 17.4 Å². The van der Waals surface area contributed by atoms with Crippen molar-refractivity contribution in [3.05, 3.63) is 40.5 Å². The monoisotopic (exact) mass is 359 g/mol. The van der Waals surface area contributed by atoms with Gasteiger partial charge in [0.25, 0.3) is 0 Å². The lowest BCUT2D eigenvalue weighted by Crippen LogP contribution is -2.45. The number of morpholine rings is 1. The number of ether oxygens (including phenoxy) is 1. The second-order valence-corrected chi connectivity index (χ2v) is 7.07. The molecular weight excluding hydrogens is 338 g/mol. The molecule has 0 bridgehead atoms. The van der Waals surface area contributed by atoms with Crippen LogP contribution in [0, 0.1) is 0 Å². The van der Waals surface area contributed by atoms with Gasteiger partial charge in [-0.3, -0.25) is 0 Å². The molecule has 25 heavy (non-hydrogen) atoms. The normalized spacial score (nSPS) is 20.4. The maximum atomic E-state index is 9.46. The summed E-state index contributed by atoms with van der Waals surface area (Å²) in [6, 6.07) is 7.69. The minimum absolute atomic E-state index is 0.0327. The zero-order valence-corrected chi connectivity index (χ0v) is 14.9. The molecule has 1 aliphatic heterocycles. The third-order valence-electron chi connectivity index (χ3n) is 4.89. The number of benzene rings is 1. The quantitative estimate of drug-likeness (QED) is 0.913. The standard InChI is InChI=1S/C19H22ClN3O2/c20-14-5-3-4-13(10-14)18-21-17-7-2-1-6-16(17)19(22-18)23-8-9-25-15(11-23)12-24/h3-5,10,15,24H,1-2,6-9,11-12H2. The van der Waals surface area contributed by atoms with Crippen LogP contribution >= 0.6 is 11.6 Å². The molecule has 0 spiro atoms. The van der Waals surface area contributed by atoms with Gasteiger partial charge in [0, 0.05) is 34.9 Å². The minimum Gasteiger partial charge on any atom is -0.394 e. The Labute approximate surface area is 152 Å². The Bertz CT molecular complexity index is 768. The average Bonchev–Trinajstić information content (AvgIpc) is 2.67. The number of nitrogens with zero attached hydrogens (tertiary/aromatic N) is 3. The summed E-state index contributed by atoms with van der Waals surface area (Å²) in [5.41, 5.74) is 3.35. The van der Waals surface area contributed by atoms with Crippen LogP contribution in [-0.4, -0.2) is 47.5 Å². The molecule has 1 fully saturated rings. The highest BCUT2D eigenvalue weighted by atomic mass is 35.5. The van der Waals surface area contributed by atoms with Crippen molar-refractivity contribution in [3.63, 3.8) is 0 Å². The number of fused-ring (bicyclic) bond motifs is 1. The van der Waals surface area contributed by atoms with Crippen LogP contribution in [0.25, 0.3) is 11.4 Å². The molecule has 0 amide bonds. The van der Waals surface area contributed by atoms with Crippen molar-refractivity contribution < 1.29 is 9.84 Å². The molecule has 6 heteroatoms. The first-order chi connectivity index (χ1) is 12.2. The molecule has 132 valence electrons. The van der Waals surface area contributed by atoms with Gasteiger partial charge in [-0.15, -0.1) is 0 Å². The smallest absolute Gasteiger partial charge is 0.161 e. The first-order valence-electron chi connectivity index (χ1n) is 8.88. The summed E-state index contributed by atoms with van der Waals surface area (Å²) in [5, 5.41) is 10.1. The van der Waals surface area contributed by atoms with Crippen molar-refractivity contribution in [3.8, 4) is 11.4 Å². The number of aliphatic hydroxyl groups is 1. The number of aromatic nitrogens is 2. The molecule has 0 saturated carbocycles. The van der Waals surface area contributed by atoms with E-state index in [-0.39, 0.29) is 12.7 Å². The number of rotatable bonds is 3. The number of hydrogen-bond donors (Lipinski definition) is 1. The lowest BCUT2D eigenvalue weighted by atomic mass is 9.95. The predicted octanol–water partition coefficient (Wildman–Crippen LogP) is 2.87. The van der Waals surface area contributed by atoms with Crippen molar-refractivity contribution in [2.75, 3.05) is 31.2 Å². The van der Waals surface area contributed by atoms with Gasteiger partial charge in [-0.1, -0.05) is 23.7 Å². The fourth-order valence-electron chi connectivity index (χ4n) is 3.61. The van der Waals surface area contributed by atoms with Gasteiger partial charge in [0.15, 0.2) is 5.82 Å². The highest BCUT2D eigenvalue weighted by Gasteiger charge is 2.26. The van der Waals surface area contributed by atoms with E-state index in [4.69, 9.17) is 26.3 Å². The molecular formula is C19H22ClN3O2. The maximum absolute atomic E-state index is 9.46. The van der Waals surface area contributed by atoms with E-state index in [1.165, 1.54) is 18.4 Å². The van der Waals surface area contributed by atoms with Crippen molar-refractivity contribution in [1.82, 2.24) is 9.97 Å². The number of hydrogen-bond acceptors (Lipinski definition) is 5. The molecule has 4 rings (SSSR count). The fraction of sp³-hybridized carbons (Fsp3) is 0.474. The van der Waals surface area contributed by atoms with E-state index in [0.29, 0.717) is 18.2 Å². The van der Waals surface area contributed by atoms with Gasteiger partial charge < -0.3 is 14.7 Å². The second-order valence-electron chi connectivity index (χ2n) is 6.63. The summed E-state index contributed by atoms with van der Waals surface area (Å²) in [4.78, 5) is 12.0. The van der Waals surface area contributed by atoms with Crippen LogP contribution in [-0.2, 0) is 17.6 Å². The lowest BCUT2D eigenvalue weighted by molar-refractivity contribution is 0.00330. The Morgan fingerprint density at radius 2 is 2.12 bits per heavy atom. The lowest BCUT2D eigenvalue weighted by Gasteiger charge is -2.35. The molecule has 1 unspecified atom stereocenters. The Kier molecular flexibility index (Phi) is 4.88. The molecule has 2 heterocycles. The van der Waals surface area contributed by atoms with Crippen molar-refractivity contribution in [2.24, 2.45) is 0 Å². The topological polar surface area (TPSA) is 58.5 Å². The van der Waals surface area contributed by atoms with E-state index in [1.807, 2.05) is 24.3 Å². The fourth-order valence-corrected chi connectivity index (χ4v) is 3.80. The first-order valence-corrected chi connectivity index (χ1v) is 9.25. The van der Waals surface area contributed by atoms with Crippen LogP contribution in [0.3, 0.4) is 0 Å². The summed E-state index contributed by atoms with van der Waals surface area (Å²) < 4.78 is 5.60. The van der Waals surface area contributed by atoms with Gasteiger partial charge in [-0.05, 0) is 37.8 Å². The highest BCUT2D eigenvalue weighted by molar-refractivity contribution is 6.30. The van der Waals surface area contributed by atoms with E-state index in [2.05, 4.69) is 4.90 Å². The Balaban J connectivity index is 1.77. The molecule has 1 atom stereocenters. The SMILES string of the molecule is OCC1CN(c2nc(-c3cccc(Cl)c3)nc3c2CCCC3)CCO1. The van der Waals surface area contributed by atoms with Gasteiger partial charge in [-0.25, -0.2) is 9.97 Å². The van der Waals surface area contributed by atoms with Crippen molar-refractivity contribution in [1.29, 1.82) is 0 Å². The van der Waals surface area contributed by atoms with Crippen LogP contribution in [0.1, 0.15) is 24.1 Å². The third kappa shape index (κ3) is 3.50. The molecule has 1 saturated heterocycles. The number of halogens is 1.